The van der Waals surface area contributed by atoms with E-state index in [9.17, 15) is 13.2 Å². The van der Waals surface area contributed by atoms with Gasteiger partial charge in [0.25, 0.3) is 0 Å². The number of sulfonamides is 1. The quantitative estimate of drug-likeness (QED) is 0.632. The Bertz CT molecular complexity index is 1110. The molecule has 2 N–H and O–H groups in total. The molecule has 0 spiro atoms. The van der Waals surface area contributed by atoms with E-state index in [2.05, 4.69) is 20.9 Å². The highest BCUT2D eigenvalue weighted by Gasteiger charge is 2.18. The topological polar surface area (TPSA) is 109 Å². The van der Waals surface area contributed by atoms with Gasteiger partial charge in [0, 0.05) is 31.4 Å². The number of hydrogen-bond donors (Lipinski definition) is 2. The summed E-state index contributed by atoms with van der Waals surface area (Å²) >= 11 is 5.88. The van der Waals surface area contributed by atoms with Crippen molar-refractivity contribution in [3.63, 3.8) is 0 Å². The fourth-order valence-electron chi connectivity index (χ4n) is 2.51. The lowest BCUT2D eigenvalue weighted by Gasteiger charge is -2.11. The number of amides is 2. The van der Waals surface area contributed by atoms with Crippen molar-refractivity contribution in [2.45, 2.75) is 11.4 Å². The van der Waals surface area contributed by atoms with E-state index in [0.717, 1.165) is 4.31 Å². The van der Waals surface area contributed by atoms with Crippen LogP contribution >= 0.6 is 11.6 Å². The molecule has 9 nitrogen and oxygen atoms in total. The molecule has 0 saturated heterocycles. The third kappa shape index (κ3) is 4.41. The third-order valence-corrected chi connectivity index (χ3v) is 6.00. The molecule has 0 radical (unpaired) electrons. The minimum Gasteiger partial charge on any atom is -0.336 e. The van der Waals surface area contributed by atoms with Gasteiger partial charge in [-0.15, -0.1) is 5.10 Å². The van der Waals surface area contributed by atoms with Crippen LogP contribution in [0.4, 0.5) is 10.5 Å². The van der Waals surface area contributed by atoms with Gasteiger partial charge in [0.2, 0.25) is 10.0 Å². The van der Waals surface area contributed by atoms with E-state index in [4.69, 9.17) is 11.6 Å². The second kappa shape index (κ2) is 8.13. The zero-order valence-corrected chi connectivity index (χ0v) is 16.8. The first-order valence-corrected chi connectivity index (χ1v) is 10.2. The summed E-state index contributed by atoms with van der Waals surface area (Å²) in [6, 6.07) is 11.1. The van der Waals surface area contributed by atoms with Crippen molar-refractivity contribution < 1.29 is 13.2 Å². The molecule has 2 aromatic carbocycles. The van der Waals surface area contributed by atoms with Crippen LogP contribution in [-0.2, 0) is 16.6 Å². The number of nitrogens with one attached hydrogen (secondary N) is 2. The minimum absolute atomic E-state index is 0.149. The zero-order chi connectivity index (χ0) is 20.3. The van der Waals surface area contributed by atoms with Crippen molar-refractivity contribution in [3.8, 4) is 0 Å². The summed E-state index contributed by atoms with van der Waals surface area (Å²) in [6.45, 7) is 0.682. The normalized spacial score (nSPS) is 11.7. The highest BCUT2D eigenvalue weighted by molar-refractivity contribution is 7.89. The first-order valence-electron chi connectivity index (χ1n) is 8.33. The molecule has 0 aliphatic rings. The Morgan fingerprint density at radius 3 is 2.71 bits per heavy atom. The van der Waals surface area contributed by atoms with Crippen LogP contribution < -0.4 is 10.6 Å². The first-order chi connectivity index (χ1) is 13.3. The number of hydrogen-bond acceptors (Lipinski definition) is 5. The molecule has 148 valence electrons. The number of fused-ring (bicyclic) bond motifs is 1. The molecule has 0 aliphatic carbocycles. The second-order valence-corrected chi connectivity index (χ2v) is 8.73. The fourth-order valence-corrected chi connectivity index (χ4v) is 3.62. The third-order valence-electron chi connectivity index (χ3n) is 3.96. The Morgan fingerprint density at radius 2 is 2.00 bits per heavy atom. The van der Waals surface area contributed by atoms with Gasteiger partial charge in [-0.05, 0) is 36.4 Å². The Labute approximate surface area is 167 Å². The second-order valence-electron chi connectivity index (χ2n) is 6.14. The van der Waals surface area contributed by atoms with Crippen LogP contribution in [0.15, 0.2) is 47.4 Å². The number of urea groups is 1. The molecule has 0 atom stereocenters. The van der Waals surface area contributed by atoms with Gasteiger partial charge in [-0.3, -0.25) is 0 Å². The number of nitrogens with zero attached hydrogens (tertiary/aromatic N) is 4. The maximum atomic E-state index is 12.2. The number of aromatic nitrogens is 3. The summed E-state index contributed by atoms with van der Waals surface area (Å²) in [7, 11) is -0.601. The van der Waals surface area contributed by atoms with E-state index < -0.39 is 10.0 Å². The van der Waals surface area contributed by atoms with Gasteiger partial charge in [-0.25, -0.2) is 22.2 Å². The van der Waals surface area contributed by atoms with Crippen LogP contribution in [0.2, 0.25) is 5.02 Å². The van der Waals surface area contributed by atoms with Crippen molar-refractivity contribution in [1.29, 1.82) is 0 Å². The van der Waals surface area contributed by atoms with Crippen molar-refractivity contribution in [2.75, 3.05) is 26.0 Å². The highest BCUT2D eigenvalue weighted by Crippen LogP contribution is 2.19. The molecule has 0 saturated carbocycles. The number of anilines is 1. The van der Waals surface area contributed by atoms with Gasteiger partial charge in [-0.1, -0.05) is 22.9 Å². The molecule has 0 aliphatic heterocycles. The molecule has 1 aromatic heterocycles. The van der Waals surface area contributed by atoms with Gasteiger partial charge >= 0.3 is 6.03 Å². The summed E-state index contributed by atoms with van der Waals surface area (Å²) in [5.41, 5.74) is 1.73. The van der Waals surface area contributed by atoms with Gasteiger partial charge in [-0.2, -0.15) is 0 Å². The maximum Gasteiger partial charge on any atom is 0.319 e. The van der Waals surface area contributed by atoms with Crippen molar-refractivity contribution in [1.82, 2.24) is 24.6 Å². The number of carbonyl (C=O) groups is 1. The van der Waals surface area contributed by atoms with Crippen LogP contribution in [-0.4, -0.2) is 54.4 Å². The van der Waals surface area contributed by atoms with Crippen LogP contribution in [0, 0.1) is 0 Å². The Morgan fingerprint density at radius 1 is 1.21 bits per heavy atom. The number of rotatable bonds is 6. The van der Waals surface area contributed by atoms with Gasteiger partial charge in [0.1, 0.15) is 5.52 Å². The Hall–Kier alpha value is -2.69. The van der Waals surface area contributed by atoms with Gasteiger partial charge in [0.05, 0.1) is 17.0 Å². The lowest BCUT2D eigenvalue weighted by molar-refractivity contribution is 0.251. The SMILES string of the molecule is CN(C)S(=O)(=O)c1ccc2c(c1)nnn2CCNC(=O)Nc1cccc(Cl)c1. The molecule has 2 amide bonds. The molecule has 0 unspecified atom stereocenters. The smallest absolute Gasteiger partial charge is 0.319 e. The van der Waals surface area contributed by atoms with E-state index in [0.29, 0.717) is 34.8 Å². The van der Waals surface area contributed by atoms with Crippen molar-refractivity contribution in [2.24, 2.45) is 0 Å². The summed E-state index contributed by atoms with van der Waals surface area (Å²) in [4.78, 5) is 12.1. The predicted molar refractivity (Wildman–Crippen MR) is 107 cm³/mol. The summed E-state index contributed by atoms with van der Waals surface area (Å²) in [5.74, 6) is 0. The molecule has 0 fully saturated rings. The lowest BCUT2D eigenvalue weighted by atomic mass is 10.3. The van der Waals surface area contributed by atoms with Crippen LogP contribution in [0.3, 0.4) is 0 Å². The zero-order valence-electron chi connectivity index (χ0n) is 15.3. The maximum absolute atomic E-state index is 12.2. The molecule has 0 bridgehead atoms. The van der Waals surface area contributed by atoms with Crippen LogP contribution in [0.25, 0.3) is 11.0 Å². The molecular weight excluding hydrogens is 404 g/mol. The van der Waals surface area contributed by atoms with E-state index >= 15 is 0 Å². The van der Waals surface area contributed by atoms with Crippen LogP contribution in [0.5, 0.6) is 0 Å². The average Bonchev–Trinajstić information content (AvgIpc) is 3.04. The Balaban J connectivity index is 1.63. The Kier molecular flexibility index (Phi) is 5.82. The number of benzene rings is 2. The molecule has 3 aromatic rings. The predicted octanol–water partition coefficient (Wildman–Crippen LogP) is 2.16. The molecule has 11 heteroatoms. The van der Waals surface area contributed by atoms with Gasteiger partial charge < -0.3 is 10.6 Å². The molecule has 28 heavy (non-hydrogen) atoms. The summed E-state index contributed by atoms with van der Waals surface area (Å²) in [5, 5.41) is 14.0. The number of halogens is 1. The summed E-state index contributed by atoms with van der Waals surface area (Å²) < 4.78 is 27.2. The average molecular weight is 423 g/mol. The van der Waals surface area contributed by atoms with E-state index in [-0.39, 0.29) is 10.9 Å². The van der Waals surface area contributed by atoms with Crippen LogP contribution in [0.1, 0.15) is 0 Å². The van der Waals surface area contributed by atoms with E-state index in [1.807, 2.05) is 0 Å². The summed E-state index contributed by atoms with van der Waals surface area (Å²) in [6.07, 6.45) is 0. The minimum atomic E-state index is -3.54. The lowest BCUT2D eigenvalue weighted by Crippen LogP contribution is -2.31. The van der Waals surface area contributed by atoms with Crippen molar-refractivity contribution in [3.05, 3.63) is 47.5 Å². The standard InChI is InChI=1S/C17H19ClN6O3S/c1-23(2)28(26,27)14-6-7-16-15(11-14)21-22-24(16)9-8-19-17(25)20-13-5-3-4-12(18)10-13/h3-7,10-11H,8-9H2,1-2H3,(H2,19,20,25). The van der Waals surface area contributed by atoms with Crippen molar-refractivity contribution >= 4 is 44.4 Å². The number of carbonyl (C=O) groups excluding carboxylic acids is 1. The fraction of sp³-hybridized carbons (Fsp3) is 0.235. The molecule has 3 rings (SSSR count). The highest BCUT2D eigenvalue weighted by atomic mass is 35.5. The van der Waals surface area contributed by atoms with Gasteiger partial charge in [0.15, 0.2) is 0 Å². The largest absolute Gasteiger partial charge is 0.336 e. The molecule has 1 heterocycles. The molecular formula is C17H19ClN6O3S. The monoisotopic (exact) mass is 422 g/mol. The van der Waals surface area contributed by atoms with E-state index in [1.54, 1.807) is 35.0 Å². The first kappa shape index (κ1) is 20.1. The van der Waals surface area contributed by atoms with E-state index in [1.165, 1.54) is 26.2 Å².